The average molecular weight is 389 g/mol. The summed E-state index contributed by atoms with van der Waals surface area (Å²) >= 11 is 0. The molecule has 1 aliphatic carbocycles. The zero-order chi connectivity index (χ0) is 19.8. The Balaban J connectivity index is 1.43. The minimum Gasteiger partial charge on any atom is -0.335 e. The minimum absolute atomic E-state index is 0.0245. The molecule has 3 amide bonds. The average Bonchev–Trinajstić information content (AvgIpc) is 3.20. The highest BCUT2D eigenvalue weighted by Gasteiger charge is 2.18. The maximum absolute atomic E-state index is 12.4. The summed E-state index contributed by atoms with van der Waals surface area (Å²) in [5.41, 5.74) is 1.32. The number of piperazine rings is 1. The molecule has 0 aromatic carbocycles. The highest BCUT2D eigenvalue weighted by atomic mass is 16.2. The van der Waals surface area contributed by atoms with Crippen molar-refractivity contribution in [1.29, 1.82) is 0 Å². The van der Waals surface area contributed by atoms with E-state index in [1.54, 1.807) is 12.3 Å². The summed E-state index contributed by atoms with van der Waals surface area (Å²) in [5.74, 6) is -0.0245. The molecule has 2 fully saturated rings. The number of likely N-dealkylation sites (N-methyl/N-ethyl adjacent to an activating group) is 1. The number of rotatable bonds is 7. The van der Waals surface area contributed by atoms with E-state index in [0.29, 0.717) is 17.8 Å². The Morgan fingerprint density at radius 1 is 1.18 bits per heavy atom. The summed E-state index contributed by atoms with van der Waals surface area (Å²) in [7, 11) is 2.12. The van der Waals surface area contributed by atoms with E-state index in [0.717, 1.165) is 45.6 Å². The van der Waals surface area contributed by atoms with Gasteiger partial charge in [0.2, 0.25) is 5.91 Å². The molecule has 3 N–H and O–H groups in total. The molecule has 3 rings (SSSR count). The summed E-state index contributed by atoms with van der Waals surface area (Å²) < 4.78 is 0. The molecule has 8 heteroatoms. The summed E-state index contributed by atoms with van der Waals surface area (Å²) in [4.78, 5) is 33.4. The topological polar surface area (TPSA) is 89.6 Å². The monoisotopic (exact) mass is 388 g/mol. The smallest absolute Gasteiger partial charge is 0.315 e. The first-order valence-electron chi connectivity index (χ1n) is 10.3. The normalized spacial score (nSPS) is 18.8. The van der Waals surface area contributed by atoms with Crippen molar-refractivity contribution in [3.8, 4) is 0 Å². The molecule has 2 heterocycles. The van der Waals surface area contributed by atoms with Gasteiger partial charge in [0.25, 0.3) is 0 Å². The summed E-state index contributed by atoms with van der Waals surface area (Å²) in [6.45, 7) is 5.14. The Bertz CT molecular complexity index is 654. The van der Waals surface area contributed by atoms with Crippen LogP contribution < -0.4 is 16.0 Å². The van der Waals surface area contributed by atoms with Crippen LogP contribution in [0.3, 0.4) is 0 Å². The van der Waals surface area contributed by atoms with Crippen molar-refractivity contribution in [1.82, 2.24) is 25.4 Å². The van der Waals surface area contributed by atoms with Gasteiger partial charge in [0.15, 0.2) is 0 Å². The van der Waals surface area contributed by atoms with Crippen LogP contribution in [0, 0.1) is 0 Å². The van der Waals surface area contributed by atoms with Gasteiger partial charge < -0.3 is 25.8 Å². The second-order valence-electron chi connectivity index (χ2n) is 7.75. The van der Waals surface area contributed by atoms with Crippen molar-refractivity contribution in [2.24, 2.45) is 0 Å². The van der Waals surface area contributed by atoms with Crippen LogP contribution in [0.15, 0.2) is 18.3 Å². The molecule has 0 spiro atoms. The van der Waals surface area contributed by atoms with Gasteiger partial charge in [-0.1, -0.05) is 12.8 Å². The predicted molar refractivity (Wildman–Crippen MR) is 109 cm³/mol. The van der Waals surface area contributed by atoms with E-state index in [2.05, 4.69) is 37.8 Å². The van der Waals surface area contributed by atoms with Gasteiger partial charge in [0.05, 0.1) is 17.9 Å². The highest BCUT2D eigenvalue weighted by molar-refractivity contribution is 5.91. The fraction of sp³-hybridized carbons (Fsp3) is 0.650. The van der Waals surface area contributed by atoms with E-state index in [4.69, 9.17) is 0 Å². The first kappa shape index (κ1) is 20.5. The number of carbonyl (C=O) groups is 2. The molecular formula is C20H32N6O2. The van der Waals surface area contributed by atoms with Gasteiger partial charge >= 0.3 is 6.03 Å². The number of aromatic nitrogens is 1. The van der Waals surface area contributed by atoms with Gasteiger partial charge in [0.1, 0.15) is 0 Å². The van der Waals surface area contributed by atoms with Crippen molar-refractivity contribution in [2.75, 3.05) is 45.1 Å². The fourth-order valence-corrected chi connectivity index (χ4v) is 3.71. The van der Waals surface area contributed by atoms with Crippen molar-refractivity contribution in [2.45, 2.75) is 44.7 Å². The van der Waals surface area contributed by atoms with Gasteiger partial charge in [-0.05, 0) is 32.0 Å². The van der Waals surface area contributed by atoms with Crippen LogP contribution in [0.1, 0.15) is 37.8 Å². The second kappa shape index (κ2) is 10.4. The molecule has 8 nitrogen and oxygen atoms in total. The molecule has 2 aliphatic rings. The molecule has 0 radical (unpaired) electrons. The number of anilines is 1. The lowest BCUT2D eigenvalue weighted by molar-refractivity contribution is -0.116. The van der Waals surface area contributed by atoms with Crippen molar-refractivity contribution < 1.29 is 9.59 Å². The molecule has 1 saturated heterocycles. The fourth-order valence-electron chi connectivity index (χ4n) is 3.71. The number of nitrogens with zero attached hydrogens (tertiary/aromatic N) is 3. The molecule has 1 saturated carbocycles. The van der Waals surface area contributed by atoms with Crippen molar-refractivity contribution >= 4 is 17.6 Å². The summed E-state index contributed by atoms with van der Waals surface area (Å²) in [6.07, 6.45) is 6.57. The van der Waals surface area contributed by atoms with Crippen LogP contribution in [-0.2, 0) is 11.3 Å². The molecule has 1 aliphatic heterocycles. The third-order valence-electron chi connectivity index (χ3n) is 5.52. The van der Waals surface area contributed by atoms with Gasteiger partial charge in [-0.25, -0.2) is 4.79 Å². The Kier molecular flexibility index (Phi) is 7.62. The molecule has 1 aromatic rings. The number of hydrogen-bond acceptors (Lipinski definition) is 5. The van der Waals surface area contributed by atoms with E-state index in [1.165, 1.54) is 12.8 Å². The Morgan fingerprint density at radius 3 is 2.68 bits per heavy atom. The standard InChI is InChI=1S/C20H32N6O2/c1-25-11-13-26(14-12-25)10-8-19(27)24-17-7-4-9-21-18(17)15-22-20(28)23-16-5-2-3-6-16/h4,7,9,16H,2-3,5-6,8,10-15H2,1H3,(H,24,27)(H2,22,23,28). The number of urea groups is 1. The van der Waals surface area contributed by atoms with Crippen LogP contribution in [0.25, 0.3) is 0 Å². The highest BCUT2D eigenvalue weighted by Crippen LogP contribution is 2.17. The molecule has 0 bridgehead atoms. The third-order valence-corrected chi connectivity index (χ3v) is 5.52. The van der Waals surface area contributed by atoms with Crippen LogP contribution in [-0.4, -0.2) is 72.5 Å². The number of amides is 3. The zero-order valence-electron chi connectivity index (χ0n) is 16.7. The molecule has 0 atom stereocenters. The SMILES string of the molecule is CN1CCN(CCC(=O)Nc2cccnc2CNC(=O)NC2CCCC2)CC1. The minimum atomic E-state index is -0.176. The van der Waals surface area contributed by atoms with E-state index in [9.17, 15) is 9.59 Å². The number of carbonyl (C=O) groups excluding carboxylic acids is 2. The van der Waals surface area contributed by atoms with Crippen molar-refractivity contribution in [3.05, 3.63) is 24.0 Å². The lowest BCUT2D eigenvalue weighted by atomic mass is 10.2. The zero-order valence-corrected chi connectivity index (χ0v) is 16.7. The lowest BCUT2D eigenvalue weighted by Gasteiger charge is -2.32. The van der Waals surface area contributed by atoms with Crippen LogP contribution in [0.2, 0.25) is 0 Å². The molecule has 154 valence electrons. The van der Waals surface area contributed by atoms with Crippen LogP contribution >= 0.6 is 0 Å². The number of nitrogens with one attached hydrogen (secondary N) is 3. The summed E-state index contributed by atoms with van der Waals surface area (Å²) in [6, 6.07) is 3.72. The Hall–Kier alpha value is -2.19. The van der Waals surface area contributed by atoms with Gasteiger partial charge in [-0.3, -0.25) is 9.78 Å². The van der Waals surface area contributed by atoms with E-state index >= 15 is 0 Å². The second-order valence-corrected chi connectivity index (χ2v) is 7.75. The Labute approximate surface area is 167 Å². The maximum Gasteiger partial charge on any atom is 0.315 e. The van der Waals surface area contributed by atoms with Crippen molar-refractivity contribution in [3.63, 3.8) is 0 Å². The Morgan fingerprint density at radius 2 is 1.93 bits per heavy atom. The molecule has 0 unspecified atom stereocenters. The number of pyridine rings is 1. The number of hydrogen-bond donors (Lipinski definition) is 3. The first-order valence-corrected chi connectivity index (χ1v) is 10.3. The molecular weight excluding hydrogens is 356 g/mol. The largest absolute Gasteiger partial charge is 0.335 e. The van der Waals surface area contributed by atoms with Gasteiger partial charge in [0, 0.05) is 51.4 Å². The third kappa shape index (κ3) is 6.45. The van der Waals surface area contributed by atoms with E-state index in [1.807, 2.05) is 6.07 Å². The van der Waals surface area contributed by atoms with Crippen LogP contribution in [0.4, 0.5) is 10.5 Å². The van der Waals surface area contributed by atoms with E-state index < -0.39 is 0 Å². The molecule has 28 heavy (non-hydrogen) atoms. The van der Waals surface area contributed by atoms with E-state index in [-0.39, 0.29) is 24.5 Å². The maximum atomic E-state index is 12.4. The first-order chi connectivity index (χ1) is 13.6. The quantitative estimate of drug-likeness (QED) is 0.657. The van der Waals surface area contributed by atoms with Gasteiger partial charge in [-0.15, -0.1) is 0 Å². The van der Waals surface area contributed by atoms with Gasteiger partial charge in [-0.2, -0.15) is 0 Å². The molecule has 1 aromatic heterocycles. The summed E-state index contributed by atoms with van der Waals surface area (Å²) in [5, 5.41) is 8.79. The predicted octanol–water partition coefficient (Wildman–Crippen LogP) is 1.40. The van der Waals surface area contributed by atoms with Crippen LogP contribution in [0.5, 0.6) is 0 Å². The lowest BCUT2D eigenvalue weighted by Crippen LogP contribution is -2.45.